The standard InChI is InChI=1S/C25H23N3O6/c1-32-25(31)34-23-19(29)12-13-27-22(23)24(30)26-14-15-33-16-20(26)28(27)21(17-8-4-2-5-9-17)18-10-6-3-7-11-18/h2-13,20-21H,14-16H2,1H3/t20-/m1/s1. The molecule has 1 amide bonds. The van der Waals surface area contributed by atoms with Gasteiger partial charge in [0, 0.05) is 18.8 Å². The zero-order valence-corrected chi connectivity index (χ0v) is 18.5. The van der Waals surface area contributed by atoms with Crippen LogP contribution >= 0.6 is 0 Å². The molecular formula is C25H23N3O6. The Morgan fingerprint density at radius 2 is 1.65 bits per heavy atom. The van der Waals surface area contributed by atoms with Gasteiger partial charge < -0.3 is 19.1 Å². The SMILES string of the molecule is COC(=O)Oc1c2n(ccc1=O)N(C(c1ccccc1)c1ccccc1)[C@@H]1COCCN1C2=O. The van der Waals surface area contributed by atoms with Crippen LogP contribution in [0.5, 0.6) is 5.75 Å². The van der Waals surface area contributed by atoms with E-state index in [9.17, 15) is 14.4 Å². The highest BCUT2D eigenvalue weighted by Gasteiger charge is 2.45. The third-order valence-electron chi connectivity index (χ3n) is 6.00. The predicted molar refractivity (Wildman–Crippen MR) is 122 cm³/mol. The zero-order valence-electron chi connectivity index (χ0n) is 18.5. The van der Waals surface area contributed by atoms with Crippen molar-refractivity contribution in [3.05, 3.63) is 100.0 Å². The van der Waals surface area contributed by atoms with Gasteiger partial charge in [-0.25, -0.2) is 4.79 Å². The molecule has 1 atom stereocenters. The van der Waals surface area contributed by atoms with Crippen molar-refractivity contribution in [1.82, 2.24) is 9.58 Å². The molecule has 174 valence electrons. The number of morpholine rings is 1. The normalized spacial score (nSPS) is 17.2. The fourth-order valence-electron chi connectivity index (χ4n) is 4.51. The lowest BCUT2D eigenvalue weighted by Gasteiger charge is -2.51. The topological polar surface area (TPSA) is 90.3 Å². The monoisotopic (exact) mass is 461 g/mol. The van der Waals surface area contributed by atoms with Gasteiger partial charge in [-0.15, -0.1) is 0 Å². The van der Waals surface area contributed by atoms with E-state index in [2.05, 4.69) is 4.74 Å². The van der Waals surface area contributed by atoms with Crippen molar-refractivity contribution in [3.63, 3.8) is 0 Å². The van der Waals surface area contributed by atoms with Gasteiger partial charge in [0.2, 0.25) is 11.2 Å². The number of pyridine rings is 1. The number of carbonyl (C=O) groups is 2. The van der Waals surface area contributed by atoms with Crippen LogP contribution in [0.2, 0.25) is 0 Å². The predicted octanol–water partition coefficient (Wildman–Crippen LogP) is 2.53. The number of methoxy groups -OCH3 is 1. The van der Waals surface area contributed by atoms with Crippen molar-refractivity contribution >= 4 is 12.1 Å². The Hall–Kier alpha value is -4.11. The fourth-order valence-corrected chi connectivity index (χ4v) is 4.51. The van der Waals surface area contributed by atoms with E-state index < -0.39 is 23.7 Å². The van der Waals surface area contributed by atoms with Crippen molar-refractivity contribution < 1.29 is 23.8 Å². The Balaban J connectivity index is 1.76. The lowest BCUT2D eigenvalue weighted by Crippen LogP contribution is -2.66. The Morgan fingerprint density at radius 3 is 2.26 bits per heavy atom. The van der Waals surface area contributed by atoms with Crippen LogP contribution in [0, 0.1) is 0 Å². The maximum Gasteiger partial charge on any atom is 0.513 e. The largest absolute Gasteiger partial charge is 0.513 e. The summed E-state index contributed by atoms with van der Waals surface area (Å²) < 4.78 is 17.1. The van der Waals surface area contributed by atoms with E-state index in [-0.39, 0.29) is 24.1 Å². The van der Waals surface area contributed by atoms with Gasteiger partial charge in [0.15, 0.2) is 5.69 Å². The molecular weight excluding hydrogens is 438 g/mol. The average molecular weight is 461 g/mol. The molecule has 0 spiro atoms. The first-order chi connectivity index (χ1) is 16.6. The molecule has 1 aromatic heterocycles. The summed E-state index contributed by atoms with van der Waals surface area (Å²) in [6, 6.07) is 20.7. The highest BCUT2D eigenvalue weighted by Crippen LogP contribution is 2.35. The summed E-state index contributed by atoms with van der Waals surface area (Å²) in [5, 5.41) is 1.99. The Labute approximate surface area is 195 Å². The summed E-state index contributed by atoms with van der Waals surface area (Å²) in [6.07, 6.45) is 0.00900. The second-order valence-corrected chi connectivity index (χ2v) is 7.92. The van der Waals surface area contributed by atoms with E-state index in [4.69, 9.17) is 9.47 Å². The molecule has 0 N–H and O–H groups in total. The number of amides is 1. The summed E-state index contributed by atoms with van der Waals surface area (Å²) in [5.74, 6) is -0.782. The number of aromatic nitrogens is 1. The number of rotatable bonds is 4. The highest BCUT2D eigenvalue weighted by molar-refractivity contribution is 5.97. The second kappa shape index (κ2) is 9.03. The Morgan fingerprint density at radius 1 is 1.00 bits per heavy atom. The lowest BCUT2D eigenvalue weighted by atomic mass is 9.97. The van der Waals surface area contributed by atoms with E-state index in [1.165, 1.54) is 12.3 Å². The minimum Gasteiger partial charge on any atom is -0.437 e. The van der Waals surface area contributed by atoms with Crippen molar-refractivity contribution in [1.29, 1.82) is 0 Å². The first-order valence-electron chi connectivity index (χ1n) is 10.9. The van der Waals surface area contributed by atoms with Gasteiger partial charge >= 0.3 is 6.16 Å². The van der Waals surface area contributed by atoms with E-state index in [1.807, 2.05) is 65.7 Å². The molecule has 0 saturated carbocycles. The summed E-state index contributed by atoms with van der Waals surface area (Å²) in [6.45, 7) is 0.972. The van der Waals surface area contributed by atoms with Crippen LogP contribution in [0.4, 0.5) is 4.79 Å². The van der Waals surface area contributed by atoms with Crippen molar-refractivity contribution in [3.8, 4) is 5.75 Å². The minimum absolute atomic E-state index is 0.0343. The van der Waals surface area contributed by atoms with Crippen molar-refractivity contribution in [2.75, 3.05) is 31.9 Å². The summed E-state index contributed by atoms with van der Waals surface area (Å²) >= 11 is 0. The van der Waals surface area contributed by atoms with Gasteiger partial charge in [-0.1, -0.05) is 60.7 Å². The van der Waals surface area contributed by atoms with E-state index in [1.54, 1.807) is 9.58 Å². The molecule has 2 aliphatic heterocycles. The lowest BCUT2D eigenvalue weighted by molar-refractivity contribution is -0.0197. The van der Waals surface area contributed by atoms with Crippen LogP contribution in [-0.4, -0.2) is 54.7 Å². The van der Waals surface area contributed by atoms with Crippen LogP contribution in [-0.2, 0) is 9.47 Å². The Bertz CT molecular complexity index is 1220. The van der Waals surface area contributed by atoms with Gasteiger partial charge in [0.1, 0.15) is 6.17 Å². The third kappa shape index (κ3) is 3.69. The second-order valence-electron chi connectivity index (χ2n) is 7.92. The minimum atomic E-state index is -1.07. The molecule has 34 heavy (non-hydrogen) atoms. The van der Waals surface area contributed by atoms with Crippen LogP contribution in [0.1, 0.15) is 27.7 Å². The van der Waals surface area contributed by atoms with Gasteiger partial charge in [0.05, 0.1) is 26.4 Å². The number of carbonyl (C=O) groups excluding carboxylic acids is 2. The van der Waals surface area contributed by atoms with E-state index in [0.29, 0.717) is 13.2 Å². The van der Waals surface area contributed by atoms with Crippen LogP contribution < -0.4 is 15.2 Å². The first kappa shape index (κ1) is 21.7. The number of benzene rings is 2. The van der Waals surface area contributed by atoms with Crippen LogP contribution in [0.25, 0.3) is 0 Å². The number of ether oxygens (including phenoxy) is 3. The Kier molecular flexibility index (Phi) is 5.77. The molecule has 9 nitrogen and oxygen atoms in total. The molecule has 0 aliphatic carbocycles. The molecule has 9 heteroatoms. The van der Waals surface area contributed by atoms with Gasteiger partial charge in [-0.2, -0.15) is 0 Å². The van der Waals surface area contributed by atoms with Crippen LogP contribution in [0.3, 0.4) is 0 Å². The number of nitrogens with zero attached hydrogens (tertiary/aromatic N) is 3. The number of fused-ring (bicyclic) bond motifs is 2. The van der Waals surface area contributed by atoms with Gasteiger partial charge in [0.25, 0.3) is 5.91 Å². The summed E-state index contributed by atoms with van der Waals surface area (Å²) in [4.78, 5) is 39.9. The smallest absolute Gasteiger partial charge is 0.437 e. The third-order valence-corrected chi connectivity index (χ3v) is 6.00. The van der Waals surface area contributed by atoms with Crippen LogP contribution in [0.15, 0.2) is 77.7 Å². The molecule has 0 unspecified atom stereocenters. The molecule has 0 radical (unpaired) electrons. The molecule has 1 fully saturated rings. The molecule has 3 aromatic rings. The maximum absolute atomic E-state index is 13.6. The van der Waals surface area contributed by atoms with Crippen molar-refractivity contribution in [2.24, 2.45) is 0 Å². The molecule has 5 rings (SSSR count). The average Bonchev–Trinajstić information content (AvgIpc) is 2.88. The highest BCUT2D eigenvalue weighted by atomic mass is 16.7. The number of hydrogen-bond acceptors (Lipinski definition) is 7. The van der Waals surface area contributed by atoms with Gasteiger partial charge in [-0.3, -0.25) is 19.3 Å². The molecule has 2 aliphatic rings. The molecule has 1 saturated heterocycles. The summed E-state index contributed by atoms with van der Waals surface area (Å²) in [7, 11) is 1.14. The molecule has 0 bridgehead atoms. The van der Waals surface area contributed by atoms with Gasteiger partial charge in [-0.05, 0) is 11.1 Å². The van der Waals surface area contributed by atoms with Crippen molar-refractivity contribution in [2.45, 2.75) is 12.2 Å². The van der Waals surface area contributed by atoms with E-state index in [0.717, 1.165) is 18.2 Å². The first-order valence-corrected chi connectivity index (χ1v) is 10.9. The van der Waals surface area contributed by atoms with E-state index >= 15 is 0 Å². The zero-order chi connectivity index (χ0) is 23.7. The maximum atomic E-state index is 13.6. The molecule has 2 aromatic carbocycles. The summed E-state index contributed by atoms with van der Waals surface area (Å²) in [5.41, 5.74) is 1.34. The quantitative estimate of drug-likeness (QED) is 0.552. The molecule has 3 heterocycles. The fraction of sp³-hybridized carbons (Fsp3) is 0.240. The number of hydrogen-bond donors (Lipinski definition) is 0.